The highest BCUT2D eigenvalue weighted by Gasteiger charge is 2.22. The van der Waals surface area contributed by atoms with Gasteiger partial charge in [0.25, 0.3) is 0 Å². The lowest BCUT2D eigenvalue weighted by molar-refractivity contribution is -0.123. The van der Waals surface area contributed by atoms with Gasteiger partial charge in [0.15, 0.2) is 0 Å². The number of hydrogen-bond donors (Lipinski definition) is 3. The third kappa shape index (κ3) is 2.64. The number of hydrogen-bond acceptors (Lipinski definition) is 3. The number of aryl methyl sites for hydroxylation is 1. The van der Waals surface area contributed by atoms with Crippen LogP contribution in [0.25, 0.3) is 0 Å². The van der Waals surface area contributed by atoms with Crippen LogP contribution in [0.3, 0.4) is 0 Å². The van der Waals surface area contributed by atoms with Crippen LogP contribution in [-0.4, -0.2) is 18.5 Å². The fraction of sp³-hybridized carbons (Fsp3) is 0.417. The molecule has 5 heteroatoms. The first-order chi connectivity index (χ1) is 8.08. The molecule has 1 unspecified atom stereocenters. The van der Waals surface area contributed by atoms with Crippen LogP contribution in [0.5, 0.6) is 0 Å². The number of anilines is 2. The molecule has 92 valence electrons. The Morgan fingerprint density at radius 2 is 2.29 bits per heavy atom. The van der Waals surface area contributed by atoms with Crippen molar-refractivity contribution in [3.63, 3.8) is 0 Å². The molecule has 1 heterocycles. The molecule has 0 saturated carbocycles. The summed E-state index contributed by atoms with van der Waals surface area (Å²) in [4.78, 5) is 11.6. The highest BCUT2D eigenvalue weighted by Crippen LogP contribution is 2.27. The van der Waals surface area contributed by atoms with E-state index in [4.69, 9.17) is 17.3 Å². The van der Waals surface area contributed by atoms with E-state index in [0.29, 0.717) is 10.7 Å². The van der Waals surface area contributed by atoms with Crippen molar-refractivity contribution in [3.8, 4) is 0 Å². The predicted octanol–water partition coefficient (Wildman–Crippen LogP) is 1.92. The van der Waals surface area contributed by atoms with E-state index < -0.39 is 0 Å². The predicted molar refractivity (Wildman–Crippen MR) is 70.3 cm³/mol. The van der Waals surface area contributed by atoms with Gasteiger partial charge in [-0.15, -0.1) is 0 Å². The van der Waals surface area contributed by atoms with Crippen LogP contribution in [-0.2, 0) is 4.79 Å². The normalized spacial score (nSPS) is 19.9. The second-order valence-corrected chi connectivity index (χ2v) is 4.73. The lowest BCUT2D eigenvalue weighted by Crippen LogP contribution is -2.44. The van der Waals surface area contributed by atoms with E-state index in [2.05, 4.69) is 10.6 Å². The fourth-order valence-corrected chi connectivity index (χ4v) is 2.12. The van der Waals surface area contributed by atoms with E-state index in [1.165, 1.54) is 0 Å². The Hall–Kier alpha value is -1.42. The number of piperidine rings is 1. The second-order valence-electron chi connectivity index (χ2n) is 4.32. The molecule has 0 spiro atoms. The molecule has 1 saturated heterocycles. The Bertz CT molecular complexity index is 448. The van der Waals surface area contributed by atoms with Gasteiger partial charge in [0.2, 0.25) is 5.91 Å². The minimum atomic E-state index is -0.179. The molecular weight excluding hydrogens is 238 g/mol. The third-order valence-electron chi connectivity index (χ3n) is 2.96. The first-order valence-corrected chi connectivity index (χ1v) is 6.05. The average Bonchev–Trinajstić information content (AvgIpc) is 2.29. The van der Waals surface area contributed by atoms with Crippen LogP contribution in [0, 0.1) is 6.92 Å². The molecule has 1 amide bonds. The van der Waals surface area contributed by atoms with Crippen LogP contribution in [0.1, 0.15) is 18.4 Å². The molecule has 1 fully saturated rings. The van der Waals surface area contributed by atoms with E-state index in [1.54, 1.807) is 6.07 Å². The molecule has 0 radical (unpaired) electrons. The monoisotopic (exact) mass is 253 g/mol. The van der Waals surface area contributed by atoms with Crippen molar-refractivity contribution in [1.29, 1.82) is 0 Å². The molecular formula is C12H16ClN3O. The molecule has 1 aliphatic rings. The number of nitrogen functional groups attached to an aromatic ring is 1. The van der Waals surface area contributed by atoms with E-state index in [0.717, 1.165) is 30.6 Å². The van der Waals surface area contributed by atoms with Crippen molar-refractivity contribution in [2.45, 2.75) is 25.8 Å². The van der Waals surface area contributed by atoms with Crippen LogP contribution < -0.4 is 16.4 Å². The fourth-order valence-electron chi connectivity index (χ4n) is 1.96. The van der Waals surface area contributed by atoms with E-state index in [-0.39, 0.29) is 11.9 Å². The molecule has 4 N–H and O–H groups in total. The van der Waals surface area contributed by atoms with Gasteiger partial charge >= 0.3 is 0 Å². The number of amides is 1. The molecule has 2 rings (SSSR count). The maximum absolute atomic E-state index is 11.6. The highest BCUT2D eigenvalue weighted by molar-refractivity contribution is 6.33. The van der Waals surface area contributed by atoms with Gasteiger partial charge in [0.05, 0.1) is 10.7 Å². The Morgan fingerprint density at radius 3 is 3.00 bits per heavy atom. The summed E-state index contributed by atoms with van der Waals surface area (Å²) < 4.78 is 0. The maximum atomic E-state index is 11.6. The zero-order valence-electron chi connectivity index (χ0n) is 9.72. The van der Waals surface area contributed by atoms with E-state index in [9.17, 15) is 4.79 Å². The Kier molecular flexibility index (Phi) is 3.43. The van der Waals surface area contributed by atoms with Gasteiger partial charge in [-0.1, -0.05) is 11.6 Å². The molecule has 1 aliphatic heterocycles. The van der Waals surface area contributed by atoms with Gasteiger partial charge in [-0.05, 0) is 37.5 Å². The zero-order valence-corrected chi connectivity index (χ0v) is 10.5. The van der Waals surface area contributed by atoms with Crippen molar-refractivity contribution in [2.24, 2.45) is 0 Å². The highest BCUT2D eigenvalue weighted by atomic mass is 35.5. The van der Waals surface area contributed by atoms with Gasteiger partial charge in [-0.2, -0.15) is 0 Å². The lowest BCUT2D eigenvalue weighted by Gasteiger charge is -2.24. The number of halogens is 1. The van der Waals surface area contributed by atoms with Gasteiger partial charge < -0.3 is 16.4 Å². The SMILES string of the molecule is Cc1cc(N)c(Cl)cc1NC1CCCNC1=O. The van der Waals surface area contributed by atoms with Crippen molar-refractivity contribution >= 4 is 28.9 Å². The number of nitrogens with one attached hydrogen (secondary N) is 2. The molecule has 1 aromatic rings. The van der Waals surface area contributed by atoms with E-state index >= 15 is 0 Å². The summed E-state index contributed by atoms with van der Waals surface area (Å²) >= 11 is 5.97. The number of carbonyl (C=O) groups is 1. The van der Waals surface area contributed by atoms with Crippen molar-refractivity contribution < 1.29 is 4.79 Å². The topological polar surface area (TPSA) is 67.2 Å². The first kappa shape index (κ1) is 12.0. The average molecular weight is 254 g/mol. The molecule has 4 nitrogen and oxygen atoms in total. The van der Waals surface area contributed by atoms with Gasteiger partial charge in [-0.3, -0.25) is 4.79 Å². The Morgan fingerprint density at radius 1 is 1.53 bits per heavy atom. The van der Waals surface area contributed by atoms with Crippen LogP contribution in [0.4, 0.5) is 11.4 Å². The van der Waals surface area contributed by atoms with Gasteiger partial charge in [0, 0.05) is 12.2 Å². The standard InChI is InChI=1S/C12H16ClN3O/c1-7-5-9(14)8(13)6-11(7)16-10-3-2-4-15-12(10)17/h5-6,10,16H,2-4,14H2,1H3,(H,15,17). The van der Waals surface area contributed by atoms with Crippen molar-refractivity contribution in [1.82, 2.24) is 5.32 Å². The van der Waals surface area contributed by atoms with Crippen LogP contribution in [0.2, 0.25) is 5.02 Å². The van der Waals surface area contributed by atoms with Crippen LogP contribution >= 0.6 is 11.6 Å². The van der Waals surface area contributed by atoms with E-state index in [1.807, 2.05) is 13.0 Å². The van der Waals surface area contributed by atoms with Gasteiger partial charge in [-0.25, -0.2) is 0 Å². The summed E-state index contributed by atoms with van der Waals surface area (Å²) in [6.45, 7) is 2.70. The molecule has 17 heavy (non-hydrogen) atoms. The van der Waals surface area contributed by atoms with Crippen molar-refractivity contribution in [2.75, 3.05) is 17.6 Å². The molecule has 1 aromatic carbocycles. The summed E-state index contributed by atoms with van der Waals surface area (Å²) in [7, 11) is 0. The van der Waals surface area contributed by atoms with Gasteiger partial charge in [0.1, 0.15) is 6.04 Å². The summed E-state index contributed by atoms with van der Waals surface area (Å²) in [5.74, 6) is 0.0450. The minimum absolute atomic E-state index is 0.0450. The maximum Gasteiger partial charge on any atom is 0.242 e. The Labute approximate surface area is 106 Å². The number of rotatable bonds is 2. The minimum Gasteiger partial charge on any atom is -0.398 e. The third-order valence-corrected chi connectivity index (χ3v) is 3.29. The summed E-state index contributed by atoms with van der Waals surface area (Å²) in [5.41, 5.74) is 8.13. The quantitative estimate of drug-likeness (QED) is 0.706. The van der Waals surface area contributed by atoms with Crippen LogP contribution in [0.15, 0.2) is 12.1 Å². The first-order valence-electron chi connectivity index (χ1n) is 5.68. The lowest BCUT2D eigenvalue weighted by atomic mass is 10.1. The zero-order chi connectivity index (χ0) is 12.4. The molecule has 1 atom stereocenters. The number of benzene rings is 1. The summed E-state index contributed by atoms with van der Waals surface area (Å²) in [6.07, 6.45) is 1.83. The van der Waals surface area contributed by atoms with Crippen molar-refractivity contribution in [3.05, 3.63) is 22.7 Å². The second kappa shape index (κ2) is 4.84. The largest absolute Gasteiger partial charge is 0.398 e. The molecule has 0 aromatic heterocycles. The summed E-state index contributed by atoms with van der Waals surface area (Å²) in [5, 5.41) is 6.56. The Balaban J connectivity index is 2.17. The summed E-state index contributed by atoms with van der Waals surface area (Å²) in [6, 6.07) is 3.40. The smallest absolute Gasteiger partial charge is 0.242 e. The number of nitrogens with two attached hydrogens (primary N) is 1. The number of carbonyl (C=O) groups excluding carboxylic acids is 1. The molecule has 0 bridgehead atoms. The molecule has 0 aliphatic carbocycles.